The first-order chi connectivity index (χ1) is 7.60. The van der Waals surface area contributed by atoms with Gasteiger partial charge in [0, 0.05) is 11.7 Å². The first kappa shape index (κ1) is 10.9. The summed E-state index contributed by atoms with van der Waals surface area (Å²) in [6.07, 6.45) is 4.87. The van der Waals surface area contributed by atoms with E-state index in [0.717, 1.165) is 30.6 Å². The van der Waals surface area contributed by atoms with Crippen molar-refractivity contribution < 1.29 is 9.90 Å². The van der Waals surface area contributed by atoms with Crippen LogP contribution in [0.15, 0.2) is 18.3 Å². The number of rotatable bonds is 4. The summed E-state index contributed by atoms with van der Waals surface area (Å²) < 4.78 is 0. The summed E-state index contributed by atoms with van der Waals surface area (Å²) >= 11 is 0. The van der Waals surface area contributed by atoms with E-state index >= 15 is 0 Å². The van der Waals surface area contributed by atoms with Gasteiger partial charge >= 0.3 is 5.97 Å². The number of aromatic nitrogens is 1. The number of pyridine rings is 1. The van der Waals surface area contributed by atoms with Gasteiger partial charge in [-0.3, -0.25) is 4.79 Å². The molecule has 86 valence electrons. The molecule has 0 spiro atoms. The summed E-state index contributed by atoms with van der Waals surface area (Å²) in [6, 6.07) is 3.87. The molecule has 0 atom stereocenters. The minimum absolute atomic E-state index is 0.169. The maximum atomic E-state index is 10.8. The highest BCUT2D eigenvalue weighted by Gasteiger charge is 2.39. The van der Waals surface area contributed by atoms with Crippen molar-refractivity contribution in [1.29, 1.82) is 0 Å². The van der Waals surface area contributed by atoms with Gasteiger partial charge in [0.15, 0.2) is 0 Å². The van der Waals surface area contributed by atoms with E-state index in [0.29, 0.717) is 0 Å². The molecule has 0 aliphatic heterocycles. The molecule has 16 heavy (non-hydrogen) atoms. The third-order valence-corrected chi connectivity index (χ3v) is 3.10. The van der Waals surface area contributed by atoms with E-state index in [1.165, 1.54) is 0 Å². The summed E-state index contributed by atoms with van der Waals surface area (Å²) in [5.41, 5.74) is 0.833. The van der Waals surface area contributed by atoms with Crippen molar-refractivity contribution >= 4 is 11.8 Å². The van der Waals surface area contributed by atoms with Crippen molar-refractivity contribution in [2.75, 3.05) is 5.32 Å². The molecule has 1 aliphatic carbocycles. The van der Waals surface area contributed by atoms with Crippen LogP contribution in [-0.2, 0) is 4.79 Å². The van der Waals surface area contributed by atoms with Gasteiger partial charge in [-0.2, -0.15) is 0 Å². The van der Waals surface area contributed by atoms with Crippen molar-refractivity contribution in [3.05, 3.63) is 23.9 Å². The Hall–Kier alpha value is -1.58. The lowest BCUT2D eigenvalue weighted by atomic mass is 9.74. The standard InChI is InChI=1S/C12H16N2O2/c1-9-3-4-10(13-8-9)14-12(5-2-6-12)7-11(15)16/h3-4,8H,2,5-7H2,1H3,(H,13,14)(H,15,16). The molecule has 2 rings (SSSR count). The van der Waals surface area contributed by atoms with Gasteiger partial charge in [-0.25, -0.2) is 4.98 Å². The van der Waals surface area contributed by atoms with Crippen molar-refractivity contribution in [3.8, 4) is 0 Å². The van der Waals surface area contributed by atoms with Gasteiger partial charge < -0.3 is 10.4 Å². The molecule has 0 aromatic carbocycles. The number of carbonyl (C=O) groups is 1. The molecule has 0 saturated heterocycles. The molecule has 1 saturated carbocycles. The Morgan fingerprint density at radius 1 is 1.56 bits per heavy atom. The van der Waals surface area contributed by atoms with E-state index in [1.807, 2.05) is 19.1 Å². The second-order valence-corrected chi connectivity index (χ2v) is 4.55. The van der Waals surface area contributed by atoms with Gasteiger partial charge in [0.1, 0.15) is 5.82 Å². The SMILES string of the molecule is Cc1ccc(NC2(CC(=O)O)CCC2)nc1. The van der Waals surface area contributed by atoms with Crippen molar-refractivity contribution in [1.82, 2.24) is 4.98 Å². The van der Waals surface area contributed by atoms with Crippen LogP contribution < -0.4 is 5.32 Å². The third-order valence-electron chi connectivity index (χ3n) is 3.10. The van der Waals surface area contributed by atoms with Crippen LogP contribution in [0.5, 0.6) is 0 Å². The number of hydrogen-bond donors (Lipinski definition) is 2. The largest absolute Gasteiger partial charge is 0.481 e. The number of hydrogen-bond acceptors (Lipinski definition) is 3. The van der Waals surface area contributed by atoms with Gasteiger partial charge in [0.2, 0.25) is 0 Å². The van der Waals surface area contributed by atoms with E-state index < -0.39 is 5.97 Å². The molecule has 0 radical (unpaired) electrons. The highest BCUT2D eigenvalue weighted by Crippen LogP contribution is 2.37. The van der Waals surface area contributed by atoms with E-state index in [9.17, 15) is 4.79 Å². The molecular formula is C12H16N2O2. The van der Waals surface area contributed by atoms with Crippen LogP contribution in [0, 0.1) is 6.92 Å². The molecule has 1 aromatic rings. The number of nitrogens with zero attached hydrogens (tertiary/aromatic N) is 1. The van der Waals surface area contributed by atoms with Crippen LogP contribution in [0.25, 0.3) is 0 Å². The van der Waals surface area contributed by atoms with Crippen molar-refractivity contribution in [2.45, 2.75) is 38.1 Å². The van der Waals surface area contributed by atoms with Gasteiger partial charge in [-0.05, 0) is 37.8 Å². The molecule has 4 nitrogen and oxygen atoms in total. The highest BCUT2D eigenvalue weighted by molar-refractivity contribution is 5.69. The van der Waals surface area contributed by atoms with Gasteiger partial charge in [0.05, 0.1) is 6.42 Å². The Balaban J connectivity index is 2.06. The van der Waals surface area contributed by atoms with Crippen LogP contribution in [0.4, 0.5) is 5.82 Å². The minimum Gasteiger partial charge on any atom is -0.481 e. The Kier molecular flexibility index (Phi) is 2.81. The van der Waals surface area contributed by atoms with E-state index in [1.54, 1.807) is 6.20 Å². The predicted molar refractivity (Wildman–Crippen MR) is 61.4 cm³/mol. The fourth-order valence-corrected chi connectivity index (χ4v) is 2.05. The zero-order valence-electron chi connectivity index (χ0n) is 9.36. The first-order valence-electron chi connectivity index (χ1n) is 5.52. The Morgan fingerprint density at radius 3 is 2.75 bits per heavy atom. The average molecular weight is 220 g/mol. The molecule has 2 N–H and O–H groups in total. The second kappa shape index (κ2) is 4.12. The lowest BCUT2D eigenvalue weighted by Gasteiger charge is -2.41. The normalized spacial score (nSPS) is 17.6. The highest BCUT2D eigenvalue weighted by atomic mass is 16.4. The number of nitrogens with one attached hydrogen (secondary N) is 1. The fourth-order valence-electron chi connectivity index (χ4n) is 2.05. The topological polar surface area (TPSA) is 62.2 Å². The van der Waals surface area contributed by atoms with Gasteiger partial charge in [-0.1, -0.05) is 6.07 Å². The van der Waals surface area contributed by atoms with Crippen LogP contribution in [0.3, 0.4) is 0 Å². The van der Waals surface area contributed by atoms with E-state index in [4.69, 9.17) is 5.11 Å². The smallest absolute Gasteiger partial charge is 0.305 e. The number of anilines is 1. The summed E-state index contributed by atoms with van der Waals surface area (Å²) in [7, 11) is 0. The quantitative estimate of drug-likeness (QED) is 0.816. The minimum atomic E-state index is -0.751. The number of aryl methyl sites for hydroxylation is 1. The molecule has 0 amide bonds. The molecule has 1 aromatic heterocycles. The Labute approximate surface area is 94.7 Å². The second-order valence-electron chi connectivity index (χ2n) is 4.55. The van der Waals surface area contributed by atoms with Crippen LogP contribution in [0.1, 0.15) is 31.2 Å². The lowest BCUT2D eigenvalue weighted by molar-refractivity contribution is -0.138. The van der Waals surface area contributed by atoms with Crippen LogP contribution in [-0.4, -0.2) is 21.6 Å². The predicted octanol–water partition coefficient (Wildman–Crippen LogP) is 2.20. The maximum Gasteiger partial charge on any atom is 0.305 e. The molecular weight excluding hydrogens is 204 g/mol. The molecule has 0 bridgehead atoms. The number of aliphatic carboxylic acids is 1. The molecule has 1 aliphatic rings. The maximum absolute atomic E-state index is 10.8. The van der Waals surface area contributed by atoms with E-state index in [-0.39, 0.29) is 12.0 Å². The summed E-state index contributed by atoms with van der Waals surface area (Å²) in [4.78, 5) is 15.0. The third kappa shape index (κ3) is 2.32. The first-order valence-corrected chi connectivity index (χ1v) is 5.52. The summed E-state index contributed by atoms with van der Waals surface area (Å²) in [5, 5.41) is 12.1. The molecule has 1 fully saturated rings. The zero-order valence-corrected chi connectivity index (χ0v) is 9.36. The molecule has 0 unspecified atom stereocenters. The molecule has 1 heterocycles. The molecule has 4 heteroatoms. The summed E-state index contributed by atoms with van der Waals surface area (Å²) in [6.45, 7) is 1.98. The van der Waals surface area contributed by atoms with Crippen molar-refractivity contribution in [3.63, 3.8) is 0 Å². The monoisotopic (exact) mass is 220 g/mol. The van der Waals surface area contributed by atoms with Crippen LogP contribution >= 0.6 is 0 Å². The lowest BCUT2D eigenvalue weighted by Crippen LogP contribution is -2.46. The average Bonchev–Trinajstić information content (AvgIpc) is 2.17. The summed E-state index contributed by atoms with van der Waals surface area (Å²) in [5.74, 6) is 0.0193. The Morgan fingerprint density at radius 2 is 2.31 bits per heavy atom. The van der Waals surface area contributed by atoms with Crippen LogP contribution in [0.2, 0.25) is 0 Å². The van der Waals surface area contributed by atoms with E-state index in [2.05, 4.69) is 10.3 Å². The fraction of sp³-hybridized carbons (Fsp3) is 0.500. The zero-order chi connectivity index (χ0) is 11.6. The number of carboxylic acid groups (broad SMARTS) is 1. The number of carboxylic acids is 1. The van der Waals surface area contributed by atoms with Gasteiger partial charge in [0.25, 0.3) is 0 Å². The Bertz CT molecular complexity index is 383. The van der Waals surface area contributed by atoms with Crippen molar-refractivity contribution in [2.24, 2.45) is 0 Å². The van der Waals surface area contributed by atoms with Gasteiger partial charge in [-0.15, -0.1) is 0 Å².